The minimum absolute atomic E-state index is 0.0984. The number of nitrogens with one attached hydrogen (secondary N) is 1. The number of amides is 1. The molecule has 0 radical (unpaired) electrons. The van der Waals surface area contributed by atoms with Gasteiger partial charge in [0.15, 0.2) is 0 Å². The van der Waals surface area contributed by atoms with E-state index in [4.69, 9.17) is 0 Å². The van der Waals surface area contributed by atoms with Crippen LogP contribution in [0.2, 0.25) is 0 Å². The summed E-state index contributed by atoms with van der Waals surface area (Å²) in [5.74, 6) is -1.81. The smallest absolute Gasteiger partial charge is 0.355 e. The molecule has 1 fully saturated rings. The van der Waals surface area contributed by atoms with Crippen molar-refractivity contribution >= 4 is 27.3 Å². The zero-order valence-corrected chi connectivity index (χ0v) is 17.9. The second-order valence-electron chi connectivity index (χ2n) is 8.05. The molecule has 4 rings (SSSR count). The monoisotopic (exact) mass is 471 g/mol. The minimum Gasteiger partial charge on any atom is -0.355 e. The first kappa shape index (κ1) is 22.5. The molecule has 0 aromatic heterocycles. The average Bonchev–Trinajstić information content (AvgIpc) is 2.64. The third-order valence-electron chi connectivity index (χ3n) is 5.80. The molecule has 6 nitrogen and oxygen atoms in total. The third kappa shape index (κ3) is 4.44. The Morgan fingerprint density at radius 3 is 2.50 bits per heavy atom. The fraction of sp³-hybridized carbons (Fsp3) is 0.381. The van der Waals surface area contributed by atoms with Crippen molar-refractivity contribution in [2.75, 3.05) is 31.2 Å². The number of rotatable bonds is 4. The van der Waals surface area contributed by atoms with Gasteiger partial charge < -0.3 is 10.2 Å². The highest BCUT2D eigenvalue weighted by atomic mass is 32.2. The number of hydrogen-bond donors (Lipinski definition) is 1. The van der Waals surface area contributed by atoms with Crippen molar-refractivity contribution in [2.24, 2.45) is 5.92 Å². The summed E-state index contributed by atoms with van der Waals surface area (Å²) in [7, 11) is -3.30. The number of benzene rings is 2. The van der Waals surface area contributed by atoms with Gasteiger partial charge in [0.05, 0.1) is 17.7 Å². The maximum Gasteiger partial charge on any atom is 0.419 e. The molecule has 2 aliphatic rings. The van der Waals surface area contributed by atoms with Crippen LogP contribution in [-0.2, 0) is 34.0 Å². The van der Waals surface area contributed by atoms with Gasteiger partial charge >= 0.3 is 6.18 Å². The minimum atomic E-state index is -4.76. The Morgan fingerprint density at radius 2 is 1.88 bits per heavy atom. The zero-order valence-electron chi connectivity index (χ0n) is 17.1. The van der Waals surface area contributed by atoms with E-state index < -0.39 is 27.6 Å². The second-order valence-corrected chi connectivity index (χ2v) is 10.0. The quantitative estimate of drug-likeness (QED) is 0.695. The maximum absolute atomic E-state index is 13.9. The lowest BCUT2D eigenvalue weighted by molar-refractivity contribution is -0.140. The van der Waals surface area contributed by atoms with E-state index in [1.807, 2.05) is 6.07 Å². The molecule has 2 aliphatic heterocycles. The Kier molecular flexibility index (Phi) is 5.66. The number of fused-ring (bicyclic) bond motifs is 1. The van der Waals surface area contributed by atoms with Crippen LogP contribution >= 0.6 is 0 Å². The van der Waals surface area contributed by atoms with Crippen molar-refractivity contribution in [3.8, 4) is 0 Å². The van der Waals surface area contributed by atoms with E-state index in [1.54, 1.807) is 17.0 Å². The Hall–Kier alpha value is -2.66. The van der Waals surface area contributed by atoms with Crippen LogP contribution in [0.4, 0.5) is 28.9 Å². The van der Waals surface area contributed by atoms with Crippen LogP contribution in [0.25, 0.3) is 0 Å². The van der Waals surface area contributed by atoms with E-state index in [0.29, 0.717) is 31.3 Å². The molecule has 32 heavy (non-hydrogen) atoms. The molecule has 11 heteroatoms. The fourth-order valence-electron chi connectivity index (χ4n) is 4.02. The summed E-state index contributed by atoms with van der Waals surface area (Å²) in [6.07, 6.45) is -3.14. The first-order chi connectivity index (χ1) is 14.9. The van der Waals surface area contributed by atoms with Gasteiger partial charge in [0.2, 0.25) is 15.9 Å². The Bertz CT molecular complexity index is 1160. The van der Waals surface area contributed by atoms with Gasteiger partial charge in [0.25, 0.3) is 0 Å². The van der Waals surface area contributed by atoms with Crippen molar-refractivity contribution in [1.82, 2.24) is 9.21 Å². The van der Waals surface area contributed by atoms with E-state index in [0.717, 1.165) is 23.4 Å². The van der Waals surface area contributed by atoms with Gasteiger partial charge in [-0.2, -0.15) is 13.2 Å². The van der Waals surface area contributed by atoms with Gasteiger partial charge in [-0.05, 0) is 41.8 Å². The Labute approximate surface area is 182 Å². The SMILES string of the molecule is CS(=O)(=O)N1CC(C(=O)N2CCc3c(cccc3Nc3ccc(C(F)(F)F)c(F)c3)C2)C1. The van der Waals surface area contributed by atoms with Gasteiger partial charge in [0, 0.05) is 37.6 Å². The number of hydrogen-bond acceptors (Lipinski definition) is 4. The largest absolute Gasteiger partial charge is 0.419 e. The highest BCUT2D eigenvalue weighted by Crippen LogP contribution is 2.34. The van der Waals surface area contributed by atoms with E-state index in [9.17, 15) is 30.8 Å². The number of alkyl halides is 3. The molecule has 0 atom stereocenters. The van der Waals surface area contributed by atoms with Crippen molar-refractivity contribution in [2.45, 2.75) is 19.1 Å². The normalized spacial score (nSPS) is 17.6. The van der Waals surface area contributed by atoms with Crippen molar-refractivity contribution < 1.29 is 30.8 Å². The zero-order chi connectivity index (χ0) is 23.3. The summed E-state index contributed by atoms with van der Waals surface area (Å²) in [6.45, 7) is 1.14. The number of nitrogens with zero attached hydrogens (tertiary/aromatic N) is 2. The van der Waals surface area contributed by atoms with E-state index in [-0.39, 0.29) is 30.6 Å². The molecular formula is C21H21F4N3O3S. The first-order valence-corrected chi connectivity index (χ1v) is 11.8. The summed E-state index contributed by atoms with van der Waals surface area (Å²) in [5.41, 5.74) is 1.29. The van der Waals surface area contributed by atoms with Crippen molar-refractivity contribution in [3.05, 3.63) is 58.9 Å². The first-order valence-electron chi connectivity index (χ1n) is 9.92. The fourth-order valence-corrected chi connectivity index (χ4v) is 4.92. The number of anilines is 2. The number of carbonyl (C=O) groups excluding carboxylic acids is 1. The maximum atomic E-state index is 13.9. The van der Waals surface area contributed by atoms with Crippen molar-refractivity contribution in [1.29, 1.82) is 0 Å². The number of sulfonamides is 1. The summed E-state index contributed by atoms with van der Waals surface area (Å²) >= 11 is 0. The molecule has 1 amide bonds. The predicted octanol–water partition coefficient (Wildman–Crippen LogP) is 3.36. The lowest BCUT2D eigenvalue weighted by atomic mass is 9.95. The lowest BCUT2D eigenvalue weighted by Crippen LogP contribution is -2.56. The van der Waals surface area contributed by atoms with Gasteiger partial charge in [-0.15, -0.1) is 0 Å². The summed E-state index contributed by atoms with van der Waals surface area (Å²) in [5, 5.41) is 2.98. The molecule has 0 unspecified atom stereocenters. The summed E-state index contributed by atoms with van der Waals surface area (Å²) in [6, 6.07) is 8.05. The summed E-state index contributed by atoms with van der Waals surface area (Å²) < 4.78 is 76.5. The van der Waals surface area contributed by atoms with Crippen LogP contribution < -0.4 is 5.32 Å². The highest BCUT2D eigenvalue weighted by molar-refractivity contribution is 7.88. The van der Waals surface area contributed by atoms with Crippen LogP contribution in [0.3, 0.4) is 0 Å². The molecule has 2 heterocycles. The topological polar surface area (TPSA) is 69.7 Å². The average molecular weight is 471 g/mol. The van der Waals surface area contributed by atoms with Crippen LogP contribution in [0.15, 0.2) is 36.4 Å². The van der Waals surface area contributed by atoms with Crippen LogP contribution in [0, 0.1) is 11.7 Å². The van der Waals surface area contributed by atoms with E-state index >= 15 is 0 Å². The molecule has 2 aromatic carbocycles. The lowest BCUT2D eigenvalue weighted by Gasteiger charge is -2.40. The highest BCUT2D eigenvalue weighted by Gasteiger charge is 2.40. The molecule has 1 saturated heterocycles. The molecule has 0 bridgehead atoms. The molecule has 0 spiro atoms. The summed E-state index contributed by atoms with van der Waals surface area (Å²) in [4.78, 5) is 14.4. The molecule has 0 aliphatic carbocycles. The van der Waals surface area contributed by atoms with Crippen LogP contribution in [-0.4, -0.2) is 49.4 Å². The van der Waals surface area contributed by atoms with Gasteiger partial charge in [-0.25, -0.2) is 17.1 Å². The van der Waals surface area contributed by atoms with Crippen LogP contribution in [0.1, 0.15) is 16.7 Å². The van der Waals surface area contributed by atoms with E-state index in [2.05, 4.69) is 5.32 Å². The molecule has 1 N–H and O–H groups in total. The molecular weight excluding hydrogens is 450 g/mol. The second kappa shape index (κ2) is 8.04. The standard InChI is InChI=1S/C21H21F4N3O3S/c1-32(30,31)28-11-14(12-28)20(29)27-8-7-16-13(10-27)3-2-4-19(16)26-15-5-6-17(18(22)9-15)21(23,24)25/h2-6,9,14,26H,7-8,10-12H2,1H3. The van der Waals surface area contributed by atoms with Crippen molar-refractivity contribution in [3.63, 3.8) is 0 Å². The van der Waals surface area contributed by atoms with Gasteiger partial charge in [-0.1, -0.05) is 12.1 Å². The van der Waals surface area contributed by atoms with Crippen LogP contribution in [0.5, 0.6) is 0 Å². The number of carbonyl (C=O) groups is 1. The van der Waals surface area contributed by atoms with Gasteiger partial charge in [0.1, 0.15) is 5.82 Å². The third-order valence-corrected chi connectivity index (χ3v) is 7.03. The van der Waals surface area contributed by atoms with E-state index in [1.165, 1.54) is 10.4 Å². The Balaban J connectivity index is 1.46. The predicted molar refractivity (Wildman–Crippen MR) is 110 cm³/mol. The molecule has 172 valence electrons. The Morgan fingerprint density at radius 1 is 1.16 bits per heavy atom. The van der Waals surface area contributed by atoms with Gasteiger partial charge in [-0.3, -0.25) is 4.79 Å². The molecule has 2 aromatic rings. The number of halogens is 4. The molecule has 0 saturated carbocycles.